The van der Waals surface area contributed by atoms with Crippen LogP contribution in [0.1, 0.15) is 30.0 Å². The molecule has 1 aliphatic carbocycles. The number of fused-ring (bicyclic) bond motifs is 1. The van der Waals surface area contributed by atoms with Gasteiger partial charge in [-0.15, -0.1) is 0 Å². The van der Waals surface area contributed by atoms with Crippen molar-refractivity contribution < 1.29 is 0 Å². The van der Waals surface area contributed by atoms with E-state index in [0.29, 0.717) is 12.5 Å². The lowest BCUT2D eigenvalue weighted by Gasteiger charge is -2.12. The number of rotatable bonds is 3. The fraction of sp³-hybridized carbons (Fsp3) is 0.417. The summed E-state index contributed by atoms with van der Waals surface area (Å²) < 4.78 is 0. The lowest BCUT2D eigenvalue weighted by Crippen LogP contribution is -2.19. The maximum Gasteiger partial charge on any atom is 0.0635 e. The van der Waals surface area contributed by atoms with Crippen LogP contribution in [-0.2, 0) is 6.42 Å². The molecule has 0 aromatic heterocycles. The Balaban J connectivity index is 2.00. The average Bonchev–Trinajstić information content (AvgIpc) is 2.63. The van der Waals surface area contributed by atoms with Crippen molar-refractivity contribution in [1.82, 2.24) is 5.32 Å². The number of nitriles is 1. The molecule has 0 saturated carbocycles. The molecule has 0 unspecified atom stereocenters. The molecule has 0 spiro atoms. The van der Waals surface area contributed by atoms with Gasteiger partial charge in [0, 0.05) is 19.0 Å². The zero-order chi connectivity index (χ0) is 9.80. The summed E-state index contributed by atoms with van der Waals surface area (Å²) in [6.45, 7) is 0.801. The maximum absolute atomic E-state index is 8.45. The lowest BCUT2D eigenvalue weighted by molar-refractivity contribution is 0.538. The third kappa shape index (κ3) is 1.78. The minimum atomic E-state index is 0.472. The first-order valence-electron chi connectivity index (χ1n) is 5.10. The normalized spacial score (nSPS) is 18.9. The number of hydrogen-bond acceptors (Lipinski definition) is 2. The molecule has 1 atom stereocenters. The van der Waals surface area contributed by atoms with Crippen LogP contribution in [0.2, 0.25) is 0 Å². The van der Waals surface area contributed by atoms with Crippen molar-refractivity contribution in [2.24, 2.45) is 0 Å². The summed E-state index contributed by atoms with van der Waals surface area (Å²) in [4.78, 5) is 0. The van der Waals surface area contributed by atoms with Crippen LogP contribution < -0.4 is 5.32 Å². The van der Waals surface area contributed by atoms with Crippen LogP contribution >= 0.6 is 0 Å². The van der Waals surface area contributed by atoms with Crippen molar-refractivity contribution in [2.45, 2.75) is 25.3 Å². The highest BCUT2D eigenvalue weighted by atomic mass is 14.9. The molecule has 1 aromatic carbocycles. The fourth-order valence-corrected chi connectivity index (χ4v) is 2.07. The van der Waals surface area contributed by atoms with E-state index >= 15 is 0 Å². The predicted octanol–water partition coefficient (Wildman–Crippen LogP) is 2.18. The van der Waals surface area contributed by atoms with Gasteiger partial charge in [0.1, 0.15) is 0 Å². The molecule has 2 heteroatoms. The van der Waals surface area contributed by atoms with Crippen LogP contribution in [0.4, 0.5) is 0 Å². The molecule has 2 nitrogen and oxygen atoms in total. The quantitative estimate of drug-likeness (QED) is 0.734. The van der Waals surface area contributed by atoms with Gasteiger partial charge in [-0.2, -0.15) is 5.26 Å². The molecule has 1 aromatic rings. The first-order chi connectivity index (χ1) is 6.92. The van der Waals surface area contributed by atoms with Gasteiger partial charge in [0.2, 0.25) is 0 Å². The molecule has 0 fully saturated rings. The SMILES string of the molecule is N#CCCN[C@@H]1CCc2ccccc21. The van der Waals surface area contributed by atoms with E-state index in [1.165, 1.54) is 24.0 Å². The Kier molecular flexibility index (Phi) is 2.81. The van der Waals surface area contributed by atoms with Crippen LogP contribution in [0, 0.1) is 11.3 Å². The van der Waals surface area contributed by atoms with Crippen LogP contribution in [0.25, 0.3) is 0 Å². The standard InChI is InChI=1S/C12H14N2/c13-8-3-9-14-12-7-6-10-4-1-2-5-11(10)12/h1-2,4-5,12,14H,3,6-7,9H2/t12-/m1/s1. The molecule has 0 saturated heterocycles. The van der Waals surface area contributed by atoms with Crippen molar-refractivity contribution in [2.75, 3.05) is 6.54 Å². The Labute approximate surface area is 84.6 Å². The number of nitrogens with one attached hydrogen (secondary N) is 1. The summed E-state index contributed by atoms with van der Waals surface area (Å²) in [5.74, 6) is 0. The van der Waals surface area contributed by atoms with E-state index in [0.717, 1.165) is 6.54 Å². The summed E-state index contributed by atoms with van der Waals surface area (Å²) >= 11 is 0. The third-order valence-corrected chi connectivity index (χ3v) is 2.76. The van der Waals surface area contributed by atoms with Gasteiger partial charge in [-0.25, -0.2) is 0 Å². The highest BCUT2D eigenvalue weighted by Gasteiger charge is 2.20. The van der Waals surface area contributed by atoms with E-state index in [1.807, 2.05) is 0 Å². The largest absolute Gasteiger partial charge is 0.309 e. The van der Waals surface area contributed by atoms with E-state index in [4.69, 9.17) is 5.26 Å². The van der Waals surface area contributed by atoms with Crippen LogP contribution in [0.3, 0.4) is 0 Å². The van der Waals surface area contributed by atoms with Gasteiger partial charge < -0.3 is 5.32 Å². The molecule has 2 rings (SSSR count). The molecule has 1 N–H and O–H groups in total. The highest BCUT2D eigenvalue weighted by Crippen LogP contribution is 2.30. The zero-order valence-electron chi connectivity index (χ0n) is 8.16. The molecule has 0 radical (unpaired) electrons. The van der Waals surface area contributed by atoms with Gasteiger partial charge in [-0.1, -0.05) is 24.3 Å². The highest BCUT2D eigenvalue weighted by molar-refractivity contribution is 5.34. The summed E-state index contributed by atoms with van der Waals surface area (Å²) in [5.41, 5.74) is 2.88. The van der Waals surface area contributed by atoms with Crippen LogP contribution in [-0.4, -0.2) is 6.54 Å². The summed E-state index contributed by atoms with van der Waals surface area (Å²) in [5, 5.41) is 11.9. The second-order valence-corrected chi connectivity index (χ2v) is 3.65. The van der Waals surface area contributed by atoms with E-state index in [2.05, 4.69) is 35.7 Å². The first kappa shape index (κ1) is 9.23. The van der Waals surface area contributed by atoms with Crippen LogP contribution in [0.5, 0.6) is 0 Å². The molecule has 0 amide bonds. The number of benzene rings is 1. The molecule has 0 heterocycles. The van der Waals surface area contributed by atoms with Crippen molar-refractivity contribution >= 4 is 0 Å². The van der Waals surface area contributed by atoms with Crippen molar-refractivity contribution in [3.63, 3.8) is 0 Å². The summed E-state index contributed by atoms with van der Waals surface area (Å²) in [7, 11) is 0. The maximum atomic E-state index is 8.45. The first-order valence-corrected chi connectivity index (χ1v) is 5.10. The average molecular weight is 186 g/mol. The molecule has 14 heavy (non-hydrogen) atoms. The van der Waals surface area contributed by atoms with Crippen molar-refractivity contribution in [1.29, 1.82) is 5.26 Å². The molecule has 0 aliphatic heterocycles. The van der Waals surface area contributed by atoms with Gasteiger partial charge in [-0.3, -0.25) is 0 Å². The Hall–Kier alpha value is -1.33. The second-order valence-electron chi connectivity index (χ2n) is 3.65. The molecule has 72 valence electrons. The monoisotopic (exact) mass is 186 g/mol. The molecule has 0 bridgehead atoms. The van der Waals surface area contributed by atoms with Gasteiger partial charge in [0.05, 0.1) is 6.07 Å². The molecule has 1 aliphatic rings. The smallest absolute Gasteiger partial charge is 0.0635 e. The number of nitrogens with zero attached hydrogens (tertiary/aromatic N) is 1. The molecular weight excluding hydrogens is 172 g/mol. The second kappa shape index (κ2) is 4.26. The van der Waals surface area contributed by atoms with E-state index < -0.39 is 0 Å². The van der Waals surface area contributed by atoms with Gasteiger partial charge in [0.15, 0.2) is 0 Å². The van der Waals surface area contributed by atoms with Crippen LogP contribution in [0.15, 0.2) is 24.3 Å². The Bertz CT molecular complexity index is 352. The van der Waals surface area contributed by atoms with E-state index in [-0.39, 0.29) is 0 Å². The zero-order valence-corrected chi connectivity index (χ0v) is 8.16. The summed E-state index contributed by atoms with van der Waals surface area (Å²) in [6.07, 6.45) is 2.93. The van der Waals surface area contributed by atoms with Gasteiger partial charge in [0.25, 0.3) is 0 Å². The molecular formula is C12H14N2. The fourth-order valence-electron chi connectivity index (χ4n) is 2.07. The van der Waals surface area contributed by atoms with E-state index in [9.17, 15) is 0 Å². The number of aryl methyl sites for hydroxylation is 1. The minimum Gasteiger partial charge on any atom is -0.309 e. The lowest BCUT2D eigenvalue weighted by atomic mass is 10.1. The predicted molar refractivity (Wildman–Crippen MR) is 55.7 cm³/mol. The third-order valence-electron chi connectivity index (χ3n) is 2.76. The summed E-state index contributed by atoms with van der Waals surface area (Å²) in [6, 6.07) is 11.2. The van der Waals surface area contributed by atoms with Gasteiger partial charge in [-0.05, 0) is 24.0 Å². The van der Waals surface area contributed by atoms with Crippen molar-refractivity contribution in [3.8, 4) is 6.07 Å². The van der Waals surface area contributed by atoms with Gasteiger partial charge >= 0.3 is 0 Å². The minimum absolute atomic E-state index is 0.472. The van der Waals surface area contributed by atoms with Crippen molar-refractivity contribution in [3.05, 3.63) is 35.4 Å². The Morgan fingerprint density at radius 3 is 3.14 bits per heavy atom. The number of hydrogen-bond donors (Lipinski definition) is 1. The Morgan fingerprint density at radius 2 is 2.29 bits per heavy atom. The topological polar surface area (TPSA) is 35.8 Å². The van der Waals surface area contributed by atoms with E-state index in [1.54, 1.807) is 0 Å². The Morgan fingerprint density at radius 1 is 1.43 bits per heavy atom.